The number of carbonyl (C=O) groups excluding carboxylic acids is 1. The molecule has 0 saturated heterocycles. The van der Waals surface area contributed by atoms with Gasteiger partial charge in [-0.2, -0.15) is 0 Å². The predicted octanol–water partition coefficient (Wildman–Crippen LogP) is 3.81. The first-order valence-electron chi connectivity index (χ1n) is 7.64. The summed E-state index contributed by atoms with van der Waals surface area (Å²) in [5, 5.41) is 6.00. The van der Waals surface area contributed by atoms with Crippen molar-refractivity contribution in [2.24, 2.45) is 0 Å². The molecular weight excluding hydrogens is 382 g/mol. The van der Waals surface area contributed by atoms with Gasteiger partial charge in [0, 0.05) is 35.2 Å². The van der Waals surface area contributed by atoms with Crippen LogP contribution in [0.15, 0.2) is 59.6 Å². The quantitative estimate of drug-likeness (QED) is 0.684. The van der Waals surface area contributed by atoms with E-state index in [-0.39, 0.29) is 5.91 Å². The topological polar surface area (TPSA) is 79.8 Å². The van der Waals surface area contributed by atoms with Crippen LogP contribution in [0.5, 0.6) is 0 Å². The molecule has 0 bridgehead atoms. The SMILES string of the molecule is Cc1ccc(NC(=O)c2cc(NCc3ccncc3)ncn2)cc1Br. The second-order valence-electron chi connectivity index (χ2n) is 5.42. The first-order chi connectivity index (χ1) is 12.1. The van der Waals surface area contributed by atoms with Gasteiger partial charge >= 0.3 is 0 Å². The summed E-state index contributed by atoms with van der Waals surface area (Å²) in [5.74, 6) is 0.298. The third kappa shape index (κ3) is 4.60. The molecule has 1 aromatic carbocycles. The smallest absolute Gasteiger partial charge is 0.274 e. The summed E-state index contributed by atoms with van der Waals surface area (Å²) in [6.45, 7) is 2.58. The molecule has 0 spiro atoms. The van der Waals surface area contributed by atoms with Crippen molar-refractivity contribution in [3.63, 3.8) is 0 Å². The van der Waals surface area contributed by atoms with Crippen LogP contribution in [0.1, 0.15) is 21.6 Å². The largest absolute Gasteiger partial charge is 0.366 e. The Hall–Kier alpha value is -2.80. The van der Waals surface area contributed by atoms with Gasteiger partial charge in [-0.1, -0.05) is 22.0 Å². The van der Waals surface area contributed by atoms with Crippen LogP contribution < -0.4 is 10.6 Å². The van der Waals surface area contributed by atoms with Crippen molar-refractivity contribution in [2.75, 3.05) is 10.6 Å². The van der Waals surface area contributed by atoms with Gasteiger partial charge in [0.05, 0.1) is 0 Å². The molecule has 0 fully saturated rings. The van der Waals surface area contributed by atoms with Crippen LogP contribution in [0.3, 0.4) is 0 Å². The summed E-state index contributed by atoms with van der Waals surface area (Å²) >= 11 is 3.46. The molecular formula is C18H16BrN5O. The van der Waals surface area contributed by atoms with Crippen LogP contribution in [0.2, 0.25) is 0 Å². The lowest BCUT2D eigenvalue weighted by Crippen LogP contribution is -2.14. The minimum atomic E-state index is -0.287. The van der Waals surface area contributed by atoms with Gasteiger partial charge in [-0.05, 0) is 42.3 Å². The van der Waals surface area contributed by atoms with Gasteiger partial charge in [-0.25, -0.2) is 9.97 Å². The molecule has 0 unspecified atom stereocenters. The molecule has 2 heterocycles. The van der Waals surface area contributed by atoms with Crippen molar-refractivity contribution in [3.05, 3.63) is 76.4 Å². The van der Waals surface area contributed by atoms with E-state index in [9.17, 15) is 4.79 Å². The number of anilines is 2. The van der Waals surface area contributed by atoms with Crippen LogP contribution >= 0.6 is 15.9 Å². The second-order valence-corrected chi connectivity index (χ2v) is 6.27. The zero-order valence-electron chi connectivity index (χ0n) is 13.5. The predicted molar refractivity (Wildman–Crippen MR) is 100 cm³/mol. The number of hydrogen-bond donors (Lipinski definition) is 2. The van der Waals surface area contributed by atoms with Crippen molar-refractivity contribution in [3.8, 4) is 0 Å². The fraction of sp³-hybridized carbons (Fsp3) is 0.111. The molecule has 2 aromatic heterocycles. The van der Waals surface area contributed by atoms with Crippen LogP contribution in [0.4, 0.5) is 11.5 Å². The minimum absolute atomic E-state index is 0.287. The van der Waals surface area contributed by atoms with Gasteiger partial charge < -0.3 is 10.6 Å². The summed E-state index contributed by atoms with van der Waals surface area (Å²) in [5.41, 5.74) is 3.17. The van der Waals surface area contributed by atoms with E-state index in [0.717, 1.165) is 15.6 Å². The molecule has 0 aliphatic carbocycles. The maximum atomic E-state index is 12.4. The Labute approximate surface area is 153 Å². The number of rotatable bonds is 5. The summed E-state index contributed by atoms with van der Waals surface area (Å²) in [6, 6.07) is 11.1. The molecule has 0 atom stereocenters. The van der Waals surface area contributed by atoms with E-state index in [1.165, 1.54) is 6.33 Å². The summed E-state index contributed by atoms with van der Waals surface area (Å²) < 4.78 is 0.938. The molecule has 6 nitrogen and oxygen atoms in total. The average Bonchev–Trinajstić information content (AvgIpc) is 2.64. The Kier molecular flexibility index (Phi) is 5.35. The molecule has 0 saturated carbocycles. The Balaban J connectivity index is 1.67. The minimum Gasteiger partial charge on any atom is -0.366 e. The fourth-order valence-electron chi connectivity index (χ4n) is 2.14. The Bertz CT molecular complexity index is 886. The lowest BCUT2D eigenvalue weighted by Gasteiger charge is -2.08. The van der Waals surface area contributed by atoms with Gasteiger partial charge in [0.2, 0.25) is 0 Å². The van der Waals surface area contributed by atoms with Crippen LogP contribution in [-0.4, -0.2) is 20.9 Å². The summed E-state index contributed by atoms with van der Waals surface area (Å²) in [7, 11) is 0. The van der Waals surface area contributed by atoms with E-state index < -0.39 is 0 Å². The van der Waals surface area contributed by atoms with Gasteiger partial charge in [0.15, 0.2) is 0 Å². The monoisotopic (exact) mass is 397 g/mol. The summed E-state index contributed by atoms with van der Waals surface area (Å²) in [6.07, 6.45) is 4.83. The second kappa shape index (κ2) is 7.85. The van der Waals surface area contributed by atoms with E-state index >= 15 is 0 Å². The van der Waals surface area contributed by atoms with E-state index in [2.05, 4.69) is 41.5 Å². The molecule has 126 valence electrons. The number of carbonyl (C=O) groups is 1. The molecule has 0 aliphatic heterocycles. The van der Waals surface area contributed by atoms with Crippen molar-refractivity contribution in [2.45, 2.75) is 13.5 Å². The van der Waals surface area contributed by atoms with Crippen molar-refractivity contribution in [1.82, 2.24) is 15.0 Å². The number of aryl methyl sites for hydroxylation is 1. The molecule has 2 N–H and O–H groups in total. The third-order valence-electron chi connectivity index (χ3n) is 3.55. The van der Waals surface area contributed by atoms with Crippen LogP contribution in [0.25, 0.3) is 0 Å². The number of pyridine rings is 1. The molecule has 0 aliphatic rings. The highest BCUT2D eigenvalue weighted by molar-refractivity contribution is 9.10. The maximum absolute atomic E-state index is 12.4. The van der Waals surface area contributed by atoms with E-state index in [0.29, 0.717) is 23.7 Å². The number of hydrogen-bond acceptors (Lipinski definition) is 5. The number of aromatic nitrogens is 3. The standard InChI is InChI=1S/C18H16BrN5O/c1-12-2-3-14(8-15(12)19)24-18(25)16-9-17(23-11-22-16)21-10-13-4-6-20-7-5-13/h2-9,11H,10H2,1H3,(H,24,25)(H,21,22,23). The molecule has 3 rings (SSSR count). The highest BCUT2D eigenvalue weighted by Gasteiger charge is 2.10. The van der Waals surface area contributed by atoms with Gasteiger partial charge in [0.25, 0.3) is 5.91 Å². The number of amides is 1. The first-order valence-corrected chi connectivity index (χ1v) is 8.43. The molecule has 1 amide bonds. The van der Waals surface area contributed by atoms with Gasteiger partial charge in [0.1, 0.15) is 17.8 Å². The Morgan fingerprint density at radius 2 is 1.92 bits per heavy atom. The van der Waals surface area contributed by atoms with Gasteiger partial charge in [-0.3, -0.25) is 9.78 Å². The zero-order valence-corrected chi connectivity index (χ0v) is 15.1. The lowest BCUT2D eigenvalue weighted by molar-refractivity contribution is 0.102. The fourth-order valence-corrected chi connectivity index (χ4v) is 2.52. The Morgan fingerprint density at radius 1 is 1.12 bits per heavy atom. The van der Waals surface area contributed by atoms with Gasteiger partial charge in [-0.15, -0.1) is 0 Å². The van der Waals surface area contributed by atoms with E-state index in [1.807, 2.05) is 37.3 Å². The zero-order chi connectivity index (χ0) is 17.6. The number of halogens is 1. The lowest BCUT2D eigenvalue weighted by atomic mass is 10.2. The average molecular weight is 398 g/mol. The molecule has 7 heteroatoms. The van der Waals surface area contributed by atoms with E-state index in [4.69, 9.17) is 0 Å². The summed E-state index contributed by atoms with van der Waals surface area (Å²) in [4.78, 5) is 24.6. The molecule has 3 aromatic rings. The maximum Gasteiger partial charge on any atom is 0.274 e. The highest BCUT2D eigenvalue weighted by Crippen LogP contribution is 2.21. The molecule has 0 radical (unpaired) electrons. The van der Waals surface area contributed by atoms with Crippen LogP contribution in [-0.2, 0) is 6.54 Å². The molecule has 25 heavy (non-hydrogen) atoms. The van der Waals surface area contributed by atoms with Crippen LogP contribution in [0, 0.1) is 6.92 Å². The van der Waals surface area contributed by atoms with E-state index in [1.54, 1.807) is 18.5 Å². The number of benzene rings is 1. The normalized spacial score (nSPS) is 10.3. The number of nitrogens with one attached hydrogen (secondary N) is 2. The Morgan fingerprint density at radius 3 is 2.68 bits per heavy atom. The number of nitrogens with zero attached hydrogens (tertiary/aromatic N) is 3. The van der Waals surface area contributed by atoms with Crippen molar-refractivity contribution in [1.29, 1.82) is 0 Å². The van der Waals surface area contributed by atoms with Crippen molar-refractivity contribution < 1.29 is 4.79 Å². The first kappa shape index (κ1) is 17.0. The third-order valence-corrected chi connectivity index (χ3v) is 4.41. The van der Waals surface area contributed by atoms with Crippen molar-refractivity contribution >= 4 is 33.3 Å². The highest BCUT2D eigenvalue weighted by atomic mass is 79.9.